The van der Waals surface area contributed by atoms with E-state index in [9.17, 15) is 0 Å². The number of ether oxygens (including phenoxy) is 1. The Kier molecular flexibility index (Phi) is 4.45. The van der Waals surface area contributed by atoms with Gasteiger partial charge < -0.3 is 10.5 Å². The Morgan fingerprint density at radius 3 is 2.35 bits per heavy atom. The van der Waals surface area contributed by atoms with Crippen molar-refractivity contribution in [2.45, 2.75) is 39.3 Å². The van der Waals surface area contributed by atoms with Gasteiger partial charge in [0.15, 0.2) is 0 Å². The zero-order valence-corrected chi connectivity index (χ0v) is 12.6. The first-order valence-corrected chi connectivity index (χ1v) is 6.99. The van der Waals surface area contributed by atoms with Crippen molar-refractivity contribution in [2.24, 2.45) is 5.73 Å². The van der Waals surface area contributed by atoms with Crippen LogP contribution < -0.4 is 10.5 Å². The molecule has 4 heteroatoms. The number of nitrogens with zero attached hydrogens (tertiary/aromatic N) is 2. The highest BCUT2D eigenvalue weighted by Gasteiger charge is 2.22. The van der Waals surface area contributed by atoms with Gasteiger partial charge in [0.1, 0.15) is 5.75 Å². The van der Waals surface area contributed by atoms with E-state index in [0.29, 0.717) is 0 Å². The first-order chi connectivity index (χ1) is 9.56. The van der Waals surface area contributed by atoms with Crippen molar-refractivity contribution >= 4 is 0 Å². The van der Waals surface area contributed by atoms with Gasteiger partial charge in [0.2, 0.25) is 0 Å². The van der Waals surface area contributed by atoms with E-state index in [4.69, 9.17) is 10.5 Å². The maximum absolute atomic E-state index is 6.34. The van der Waals surface area contributed by atoms with Crippen LogP contribution in [0.4, 0.5) is 0 Å². The van der Waals surface area contributed by atoms with Crippen LogP contribution in [0.25, 0.3) is 0 Å². The lowest BCUT2D eigenvalue weighted by molar-refractivity contribution is 0.407. The van der Waals surface area contributed by atoms with E-state index in [1.807, 2.05) is 23.7 Å². The summed E-state index contributed by atoms with van der Waals surface area (Å²) in [6.45, 7) is 6.18. The summed E-state index contributed by atoms with van der Waals surface area (Å²) in [5.41, 5.74) is 9.65. The molecular formula is C16H23N3O. The topological polar surface area (TPSA) is 53.1 Å². The van der Waals surface area contributed by atoms with E-state index in [1.54, 1.807) is 7.11 Å². The molecule has 1 aromatic heterocycles. The molecule has 4 nitrogen and oxygen atoms in total. The molecule has 0 saturated heterocycles. The molecular weight excluding hydrogens is 250 g/mol. The summed E-state index contributed by atoms with van der Waals surface area (Å²) in [7, 11) is 1.67. The summed E-state index contributed by atoms with van der Waals surface area (Å²) in [5, 5.41) is 4.60. The summed E-state index contributed by atoms with van der Waals surface area (Å²) in [6.07, 6.45) is 0.898. The highest BCUT2D eigenvalue weighted by atomic mass is 16.5. The maximum atomic E-state index is 6.34. The average Bonchev–Trinajstić information content (AvgIpc) is 2.78. The number of aromatic nitrogens is 2. The number of hydrogen-bond donors (Lipinski definition) is 1. The van der Waals surface area contributed by atoms with Gasteiger partial charge in [-0.25, -0.2) is 0 Å². The molecule has 20 heavy (non-hydrogen) atoms. The summed E-state index contributed by atoms with van der Waals surface area (Å²) in [4.78, 5) is 0. The van der Waals surface area contributed by atoms with Crippen molar-refractivity contribution in [2.75, 3.05) is 7.11 Å². The van der Waals surface area contributed by atoms with Gasteiger partial charge in [0.25, 0.3) is 0 Å². The van der Waals surface area contributed by atoms with Crippen molar-refractivity contribution < 1.29 is 4.74 Å². The molecule has 2 rings (SSSR count). The van der Waals surface area contributed by atoms with Gasteiger partial charge >= 0.3 is 0 Å². The molecule has 0 aliphatic heterocycles. The minimum absolute atomic E-state index is 0.0291. The van der Waals surface area contributed by atoms with E-state index in [-0.39, 0.29) is 12.1 Å². The lowest BCUT2D eigenvalue weighted by atomic mass is 9.98. The zero-order valence-electron chi connectivity index (χ0n) is 12.6. The van der Waals surface area contributed by atoms with Gasteiger partial charge in [-0.05, 0) is 44.0 Å². The van der Waals surface area contributed by atoms with Crippen LogP contribution in [-0.4, -0.2) is 22.9 Å². The maximum Gasteiger partial charge on any atom is 0.118 e. The normalized spacial score (nSPS) is 14.1. The molecule has 0 spiro atoms. The molecule has 0 radical (unpaired) electrons. The first kappa shape index (κ1) is 14.6. The number of rotatable bonds is 5. The molecule has 108 valence electrons. The van der Waals surface area contributed by atoms with Crippen LogP contribution in [0.5, 0.6) is 5.75 Å². The molecule has 1 heterocycles. The van der Waals surface area contributed by atoms with E-state index in [2.05, 4.69) is 37.1 Å². The monoisotopic (exact) mass is 273 g/mol. The first-order valence-electron chi connectivity index (χ1n) is 6.99. The average molecular weight is 273 g/mol. The molecule has 0 bridgehead atoms. The van der Waals surface area contributed by atoms with Crippen molar-refractivity contribution in [1.29, 1.82) is 0 Å². The molecule has 0 fully saturated rings. The lowest BCUT2D eigenvalue weighted by Crippen LogP contribution is -2.33. The SMILES string of the molecule is CCC(N)C(c1ccc(OC)cc1)n1nc(C)cc1C. The molecule has 0 saturated carbocycles. The standard InChI is InChI=1S/C16H23N3O/c1-5-15(17)16(19-12(3)10-11(2)18-19)13-6-8-14(20-4)9-7-13/h6-10,15-16H,5,17H2,1-4H3. The van der Waals surface area contributed by atoms with Crippen LogP contribution in [0.15, 0.2) is 30.3 Å². The van der Waals surface area contributed by atoms with Crippen molar-refractivity contribution in [3.63, 3.8) is 0 Å². The number of aryl methyl sites for hydroxylation is 2. The van der Waals surface area contributed by atoms with Gasteiger partial charge in [-0.15, -0.1) is 0 Å². The number of benzene rings is 1. The third kappa shape index (κ3) is 2.85. The van der Waals surface area contributed by atoms with Gasteiger partial charge in [-0.1, -0.05) is 19.1 Å². The molecule has 2 aromatic rings. The third-order valence-corrected chi connectivity index (χ3v) is 3.64. The second-order valence-corrected chi connectivity index (χ2v) is 5.16. The smallest absolute Gasteiger partial charge is 0.118 e. The quantitative estimate of drug-likeness (QED) is 0.911. The molecule has 2 unspecified atom stereocenters. The second-order valence-electron chi connectivity index (χ2n) is 5.16. The van der Waals surface area contributed by atoms with E-state index >= 15 is 0 Å². The highest BCUT2D eigenvalue weighted by molar-refractivity contribution is 5.31. The van der Waals surface area contributed by atoms with Crippen molar-refractivity contribution in [3.05, 3.63) is 47.3 Å². The Labute approximate surface area is 120 Å². The molecule has 2 N–H and O–H groups in total. The number of hydrogen-bond acceptors (Lipinski definition) is 3. The fourth-order valence-electron chi connectivity index (χ4n) is 2.52. The second kappa shape index (κ2) is 6.09. The van der Waals surface area contributed by atoms with Crippen LogP contribution in [0.3, 0.4) is 0 Å². The lowest BCUT2D eigenvalue weighted by Gasteiger charge is -2.25. The third-order valence-electron chi connectivity index (χ3n) is 3.64. The summed E-state index contributed by atoms with van der Waals surface area (Å²) >= 11 is 0. The van der Waals surface area contributed by atoms with Crippen LogP contribution >= 0.6 is 0 Å². The summed E-state index contributed by atoms with van der Waals surface area (Å²) in [5.74, 6) is 0.853. The fourth-order valence-corrected chi connectivity index (χ4v) is 2.52. The van der Waals surface area contributed by atoms with E-state index in [0.717, 1.165) is 29.1 Å². The Balaban J connectivity index is 2.44. The Morgan fingerprint density at radius 2 is 1.90 bits per heavy atom. The highest BCUT2D eigenvalue weighted by Crippen LogP contribution is 2.26. The molecule has 1 aromatic carbocycles. The van der Waals surface area contributed by atoms with Crippen LogP contribution in [0, 0.1) is 13.8 Å². The fraction of sp³-hybridized carbons (Fsp3) is 0.438. The van der Waals surface area contributed by atoms with Gasteiger partial charge in [-0.3, -0.25) is 4.68 Å². The minimum atomic E-state index is 0.0291. The molecule has 0 aliphatic carbocycles. The van der Waals surface area contributed by atoms with Crippen molar-refractivity contribution in [3.8, 4) is 5.75 Å². The van der Waals surface area contributed by atoms with Crippen LogP contribution in [0.1, 0.15) is 36.3 Å². The van der Waals surface area contributed by atoms with Gasteiger partial charge in [0, 0.05) is 11.7 Å². The van der Waals surface area contributed by atoms with Gasteiger partial charge in [0.05, 0.1) is 18.8 Å². The molecule has 0 aliphatic rings. The summed E-state index contributed by atoms with van der Waals surface area (Å²) in [6, 6.07) is 10.2. The molecule has 0 amide bonds. The van der Waals surface area contributed by atoms with Crippen molar-refractivity contribution in [1.82, 2.24) is 9.78 Å². The Morgan fingerprint density at radius 1 is 1.25 bits per heavy atom. The van der Waals surface area contributed by atoms with Crippen LogP contribution in [-0.2, 0) is 0 Å². The Hall–Kier alpha value is -1.81. The predicted octanol–water partition coefficient (Wildman–Crippen LogP) is 2.84. The number of methoxy groups -OCH3 is 1. The summed E-state index contributed by atoms with van der Waals surface area (Å²) < 4.78 is 7.25. The predicted molar refractivity (Wildman–Crippen MR) is 81.1 cm³/mol. The Bertz CT molecular complexity index is 560. The number of nitrogens with two attached hydrogens (primary N) is 1. The zero-order chi connectivity index (χ0) is 14.7. The molecule has 2 atom stereocenters. The van der Waals surface area contributed by atoms with Gasteiger partial charge in [-0.2, -0.15) is 5.10 Å². The minimum Gasteiger partial charge on any atom is -0.497 e. The van der Waals surface area contributed by atoms with E-state index < -0.39 is 0 Å². The largest absolute Gasteiger partial charge is 0.497 e. The van der Waals surface area contributed by atoms with E-state index in [1.165, 1.54) is 0 Å². The van der Waals surface area contributed by atoms with Crippen LogP contribution in [0.2, 0.25) is 0 Å².